The Labute approximate surface area is 317 Å². The smallest absolute Gasteiger partial charge is 0.410 e. The number of ether oxygens (including phenoxy) is 2. The molecule has 7 atom stereocenters. The number of benzene rings is 2. The Morgan fingerprint density at radius 2 is 1.50 bits per heavy atom. The van der Waals surface area contributed by atoms with Gasteiger partial charge in [0.25, 0.3) is 11.4 Å². The summed E-state index contributed by atoms with van der Waals surface area (Å²) in [5, 5.41) is 42.1. The molecular weight excluding hydrogens is 747 g/mol. The monoisotopic (exact) mass is 785 g/mol. The topological polar surface area (TPSA) is 223 Å². The van der Waals surface area contributed by atoms with Crippen LogP contribution in [0, 0.1) is 32.1 Å². The molecule has 4 aliphatic rings. The molecule has 0 aromatic heterocycles. The number of β-lactam (4-membered cyclic amide) rings is 1. The van der Waals surface area contributed by atoms with Gasteiger partial charge in [0.2, 0.25) is 5.91 Å². The summed E-state index contributed by atoms with van der Waals surface area (Å²) in [7, 11) is 0. The minimum atomic E-state index is -1.23. The molecule has 3 fully saturated rings. The van der Waals surface area contributed by atoms with Gasteiger partial charge in [-0.2, -0.15) is 11.8 Å². The summed E-state index contributed by atoms with van der Waals surface area (Å²) in [6.07, 6.45) is -0.837. The maximum Gasteiger partial charge on any atom is 0.410 e. The number of non-ortho nitro benzene ring substituents is 2. The lowest BCUT2D eigenvalue weighted by Gasteiger charge is -2.46. The van der Waals surface area contributed by atoms with Gasteiger partial charge in [-0.15, -0.1) is 11.8 Å². The molecule has 3 amide bonds. The summed E-state index contributed by atoms with van der Waals surface area (Å²) in [5.74, 6) is -2.19. The molecule has 4 aliphatic heterocycles. The molecule has 54 heavy (non-hydrogen) atoms. The first-order valence-corrected chi connectivity index (χ1v) is 19.2. The number of carbonyl (C=O) groups is 4. The summed E-state index contributed by atoms with van der Waals surface area (Å²) in [5.41, 5.74) is 0.943. The van der Waals surface area contributed by atoms with Crippen LogP contribution in [0.1, 0.15) is 37.8 Å². The van der Waals surface area contributed by atoms with Crippen molar-refractivity contribution in [1.82, 2.24) is 14.7 Å². The van der Waals surface area contributed by atoms with Crippen molar-refractivity contribution in [2.75, 3.05) is 25.4 Å². The number of carboxylic acid groups (broad SMARTS) is 1. The van der Waals surface area contributed by atoms with Crippen LogP contribution in [0.15, 0.2) is 59.1 Å². The lowest BCUT2D eigenvalue weighted by molar-refractivity contribution is -0.385. The fraction of sp³-hybridized carbons (Fsp3) is 0.486. The largest absolute Gasteiger partial charge is 0.477 e. The predicted molar refractivity (Wildman–Crippen MR) is 195 cm³/mol. The second kappa shape index (κ2) is 16.2. The normalized spacial score (nSPS) is 25.3. The summed E-state index contributed by atoms with van der Waals surface area (Å²) in [6.45, 7) is 4.34. The van der Waals surface area contributed by atoms with Gasteiger partial charge in [0.05, 0.1) is 27.9 Å². The highest BCUT2D eigenvalue weighted by atomic mass is 32.2. The summed E-state index contributed by atoms with van der Waals surface area (Å²) in [4.78, 5) is 77.6. The van der Waals surface area contributed by atoms with E-state index < -0.39 is 52.0 Å². The maximum atomic E-state index is 13.6. The van der Waals surface area contributed by atoms with Crippen LogP contribution >= 0.6 is 23.5 Å². The Hall–Kier alpha value is -4.88. The fourth-order valence-corrected chi connectivity index (χ4v) is 10.3. The molecule has 288 valence electrons. The number of aliphatic hydroxyl groups excluding tert-OH is 1. The quantitative estimate of drug-likeness (QED) is 0.161. The number of nitrogens with zero attached hydrogens (tertiary/aromatic N) is 5. The highest BCUT2D eigenvalue weighted by Gasteiger charge is 2.60. The molecule has 4 heterocycles. The van der Waals surface area contributed by atoms with Crippen molar-refractivity contribution < 1.29 is 48.7 Å². The van der Waals surface area contributed by atoms with Crippen molar-refractivity contribution in [2.45, 2.75) is 68.6 Å². The first kappa shape index (κ1) is 38.8. The van der Waals surface area contributed by atoms with Gasteiger partial charge in [0.1, 0.15) is 18.9 Å². The van der Waals surface area contributed by atoms with Crippen LogP contribution in [0.2, 0.25) is 0 Å². The zero-order valence-corrected chi connectivity index (χ0v) is 31.0. The van der Waals surface area contributed by atoms with Crippen molar-refractivity contribution in [3.8, 4) is 0 Å². The second-order valence-corrected chi connectivity index (χ2v) is 16.4. The van der Waals surface area contributed by atoms with Crippen molar-refractivity contribution in [1.29, 1.82) is 0 Å². The number of hydrogen-bond donors (Lipinski definition) is 2. The third-order valence-corrected chi connectivity index (χ3v) is 13.1. The molecule has 2 aromatic carbocycles. The van der Waals surface area contributed by atoms with E-state index in [0.717, 1.165) is 0 Å². The average molecular weight is 786 g/mol. The number of likely N-dealkylation sites (tertiary alicyclic amines) is 2. The Kier molecular flexibility index (Phi) is 11.7. The van der Waals surface area contributed by atoms with Crippen molar-refractivity contribution >= 4 is 59.0 Å². The number of fused-ring (bicyclic) bond motifs is 1. The fourth-order valence-electron chi connectivity index (χ4n) is 7.37. The van der Waals surface area contributed by atoms with Crippen molar-refractivity contribution in [2.24, 2.45) is 11.8 Å². The molecule has 6 rings (SSSR count). The summed E-state index contributed by atoms with van der Waals surface area (Å²) < 4.78 is 11.1. The maximum absolute atomic E-state index is 13.6. The van der Waals surface area contributed by atoms with Crippen molar-refractivity contribution in [3.05, 3.63) is 90.5 Å². The van der Waals surface area contributed by atoms with E-state index in [9.17, 15) is 49.6 Å². The molecule has 0 unspecified atom stereocenters. The van der Waals surface area contributed by atoms with Crippen LogP contribution < -0.4 is 0 Å². The number of hydrogen-bond acceptors (Lipinski definition) is 13. The number of nitro groups is 2. The Bertz CT molecular complexity index is 1840. The van der Waals surface area contributed by atoms with Crippen LogP contribution in [0.3, 0.4) is 0 Å². The summed E-state index contributed by atoms with van der Waals surface area (Å²) in [6, 6.07) is 10.7. The zero-order chi connectivity index (χ0) is 38.8. The second-order valence-electron chi connectivity index (χ2n) is 13.7. The van der Waals surface area contributed by atoms with Gasteiger partial charge in [-0.3, -0.25) is 25.0 Å². The van der Waals surface area contributed by atoms with E-state index in [0.29, 0.717) is 47.7 Å². The average Bonchev–Trinajstić information content (AvgIpc) is 3.84. The number of rotatable bonds is 13. The molecule has 0 radical (unpaired) electrons. The SMILES string of the molecule is C[C@@H](O)[C@H]1C(=O)N2C(C(=O)O)=C(S[C@H]3C[C@@H](CS[C@H]4CCN(C(=O)OCc5ccc([N+](=O)[O-])cc5)C4)N(C(=O)OCc4ccc([N+](=O)[O-])cc4)C3)[C@H](C)[C@H]12. The number of aliphatic carboxylic acids is 1. The van der Waals surface area contributed by atoms with E-state index in [-0.39, 0.29) is 59.3 Å². The van der Waals surface area contributed by atoms with Crippen LogP contribution in [0.25, 0.3) is 0 Å². The molecule has 3 saturated heterocycles. The van der Waals surface area contributed by atoms with Gasteiger partial charge >= 0.3 is 18.2 Å². The van der Waals surface area contributed by atoms with Gasteiger partial charge in [-0.05, 0) is 55.2 Å². The molecule has 0 aliphatic carbocycles. The van der Waals surface area contributed by atoms with E-state index >= 15 is 0 Å². The minimum Gasteiger partial charge on any atom is -0.477 e. The van der Waals surface area contributed by atoms with Gasteiger partial charge in [-0.1, -0.05) is 6.92 Å². The molecule has 2 N–H and O–H groups in total. The Morgan fingerprint density at radius 1 is 0.926 bits per heavy atom. The third kappa shape index (κ3) is 8.12. The molecule has 2 aromatic rings. The number of carboxylic acids is 1. The lowest BCUT2D eigenvalue weighted by atomic mass is 9.79. The Balaban J connectivity index is 1.09. The van der Waals surface area contributed by atoms with E-state index in [2.05, 4.69) is 0 Å². The Morgan fingerprint density at radius 3 is 2.04 bits per heavy atom. The van der Waals surface area contributed by atoms with Crippen LogP contribution in [0.4, 0.5) is 21.0 Å². The summed E-state index contributed by atoms with van der Waals surface area (Å²) >= 11 is 2.94. The van der Waals surface area contributed by atoms with Gasteiger partial charge in [-0.25, -0.2) is 14.4 Å². The van der Waals surface area contributed by atoms with Crippen molar-refractivity contribution in [3.63, 3.8) is 0 Å². The van der Waals surface area contributed by atoms with Crippen LogP contribution in [-0.2, 0) is 32.3 Å². The zero-order valence-electron chi connectivity index (χ0n) is 29.3. The number of amides is 3. The number of carbonyl (C=O) groups excluding carboxylic acids is 3. The lowest BCUT2D eigenvalue weighted by Crippen LogP contribution is -2.63. The van der Waals surface area contributed by atoms with E-state index in [1.807, 2.05) is 6.92 Å². The van der Waals surface area contributed by atoms with Gasteiger partial charge < -0.3 is 34.4 Å². The first-order chi connectivity index (χ1) is 25.7. The molecule has 0 saturated carbocycles. The standard InChI is InChI=1S/C35H39N5O12S2/c1-19-29-28(20(2)41)32(42)38(29)30(33(43)44)31(19)54-27-13-25(37(15-27)35(46)52-17-22-5-9-24(10-6-22)40(49)50)18-53-26-11-12-36(14-26)34(45)51-16-21-3-7-23(8-4-21)39(47)48/h3-10,19-20,25-29,41H,11-18H2,1-2H3,(H,43,44)/t19-,20-,25+,26+,27+,28-,29-/m1/s1. The van der Waals surface area contributed by atoms with E-state index in [1.54, 1.807) is 21.6 Å². The van der Waals surface area contributed by atoms with E-state index in [1.165, 1.54) is 72.1 Å². The predicted octanol–water partition coefficient (Wildman–Crippen LogP) is 4.61. The van der Waals surface area contributed by atoms with E-state index in [4.69, 9.17) is 9.47 Å². The van der Waals surface area contributed by atoms with Gasteiger partial charge in [0, 0.05) is 77.0 Å². The van der Waals surface area contributed by atoms with Crippen LogP contribution in [0.5, 0.6) is 0 Å². The molecule has 17 nitrogen and oxygen atoms in total. The highest BCUT2D eigenvalue weighted by Crippen LogP contribution is 2.52. The number of nitro benzene ring substituents is 2. The third-order valence-electron chi connectivity index (χ3n) is 10.2. The molecule has 0 bridgehead atoms. The number of aliphatic hydroxyl groups is 1. The minimum absolute atomic E-state index is 0.0335. The van der Waals surface area contributed by atoms with Crippen LogP contribution in [-0.4, -0.2) is 113 Å². The highest BCUT2D eigenvalue weighted by molar-refractivity contribution is 8.03. The molecule has 19 heteroatoms. The number of thioether (sulfide) groups is 2. The molecule has 0 spiro atoms. The van der Waals surface area contributed by atoms with Gasteiger partial charge in [0.15, 0.2) is 0 Å². The first-order valence-electron chi connectivity index (χ1n) is 17.3. The molecular formula is C35H39N5O12S2.